The van der Waals surface area contributed by atoms with Gasteiger partial charge in [-0.05, 0) is 31.2 Å². The lowest BCUT2D eigenvalue weighted by Crippen LogP contribution is -2.41. The van der Waals surface area contributed by atoms with E-state index >= 15 is 0 Å². The Morgan fingerprint density at radius 1 is 1.44 bits per heavy atom. The number of alkyl halides is 1. The number of hydrogen-bond donors (Lipinski definition) is 2. The summed E-state index contributed by atoms with van der Waals surface area (Å²) in [5.41, 5.74) is 0.322. The second-order valence-corrected chi connectivity index (χ2v) is 6.88. The van der Waals surface area contributed by atoms with E-state index in [1.807, 2.05) is 0 Å². The van der Waals surface area contributed by atoms with Crippen LogP contribution in [0.3, 0.4) is 0 Å². The first-order chi connectivity index (χ1) is 12.0. The lowest BCUT2D eigenvalue weighted by Gasteiger charge is -2.29. The van der Waals surface area contributed by atoms with Gasteiger partial charge < -0.3 is 15.4 Å². The summed E-state index contributed by atoms with van der Waals surface area (Å²) in [6.45, 7) is 3.96. The van der Waals surface area contributed by atoms with E-state index < -0.39 is 5.38 Å². The largest absolute Gasteiger partial charge is 0.474 e. The van der Waals surface area contributed by atoms with Crippen molar-refractivity contribution in [2.24, 2.45) is 5.92 Å². The van der Waals surface area contributed by atoms with Gasteiger partial charge in [-0.2, -0.15) is 4.98 Å². The van der Waals surface area contributed by atoms with Crippen molar-refractivity contribution >= 4 is 23.3 Å². The lowest BCUT2D eigenvalue weighted by molar-refractivity contribution is -0.113. The van der Waals surface area contributed by atoms with Gasteiger partial charge in [0.2, 0.25) is 5.88 Å². The summed E-state index contributed by atoms with van der Waals surface area (Å²) < 4.78 is 19.1. The third-order valence-corrected chi connectivity index (χ3v) is 4.75. The molecule has 25 heavy (non-hydrogen) atoms. The molecule has 3 rings (SSSR count). The Hall–Kier alpha value is -1.92. The van der Waals surface area contributed by atoms with Gasteiger partial charge in [0.15, 0.2) is 0 Å². The average molecular weight is 366 g/mol. The first kappa shape index (κ1) is 17.9. The minimum absolute atomic E-state index is 0.0188. The fourth-order valence-electron chi connectivity index (χ4n) is 2.91. The normalized spacial score (nSPS) is 26.4. The maximum Gasteiger partial charge on any atom is 0.254 e. The summed E-state index contributed by atoms with van der Waals surface area (Å²) in [4.78, 5) is 16.7. The molecule has 0 bridgehead atoms. The second-order valence-electron chi connectivity index (χ2n) is 6.35. The molecule has 7 heteroatoms. The van der Waals surface area contributed by atoms with Crippen LogP contribution in [0, 0.1) is 5.92 Å². The maximum absolute atomic E-state index is 13.2. The van der Waals surface area contributed by atoms with Gasteiger partial charge in [-0.3, -0.25) is 4.79 Å². The predicted octanol–water partition coefficient (Wildman–Crippen LogP) is 3.19. The molecule has 1 saturated heterocycles. The van der Waals surface area contributed by atoms with E-state index in [1.54, 1.807) is 18.2 Å². The molecule has 3 unspecified atom stereocenters. The van der Waals surface area contributed by atoms with E-state index in [0.29, 0.717) is 23.2 Å². The number of nitrogens with one attached hydrogen (secondary N) is 2. The maximum atomic E-state index is 13.2. The van der Waals surface area contributed by atoms with Crippen LogP contribution in [0.2, 0.25) is 0 Å². The molecular formula is C18H21ClFN3O2. The number of pyridine rings is 1. The summed E-state index contributed by atoms with van der Waals surface area (Å²) in [6, 6.07) is 5.23. The Morgan fingerprint density at radius 3 is 3.04 bits per heavy atom. The van der Waals surface area contributed by atoms with Crippen LogP contribution in [-0.2, 0) is 4.79 Å². The zero-order chi connectivity index (χ0) is 17.8. The highest BCUT2D eigenvalue weighted by Gasteiger charge is 2.24. The van der Waals surface area contributed by atoms with Crippen molar-refractivity contribution in [3.05, 3.63) is 41.8 Å². The van der Waals surface area contributed by atoms with Crippen LogP contribution in [0.4, 0.5) is 10.2 Å². The van der Waals surface area contributed by atoms with Crippen LogP contribution in [0.5, 0.6) is 5.88 Å². The number of hydrogen-bond acceptors (Lipinski definition) is 4. The summed E-state index contributed by atoms with van der Waals surface area (Å²) >= 11 is 6.05. The molecule has 0 saturated carbocycles. The molecule has 1 aromatic heterocycles. The molecule has 3 atom stereocenters. The molecule has 0 aromatic carbocycles. The van der Waals surface area contributed by atoms with Crippen molar-refractivity contribution in [2.45, 2.75) is 31.2 Å². The quantitative estimate of drug-likeness (QED) is 0.804. The summed E-state index contributed by atoms with van der Waals surface area (Å²) in [5.74, 6) is 0.524. The molecule has 0 radical (unpaired) electrons. The predicted molar refractivity (Wildman–Crippen MR) is 95.5 cm³/mol. The number of rotatable bonds is 4. The Kier molecular flexibility index (Phi) is 5.71. The molecule has 2 aliphatic rings. The fraction of sp³-hybridized carbons (Fsp3) is 0.444. The van der Waals surface area contributed by atoms with E-state index in [-0.39, 0.29) is 24.3 Å². The number of piperidine rings is 1. The number of ether oxygens (including phenoxy) is 1. The zero-order valence-corrected chi connectivity index (χ0v) is 14.7. The SMILES string of the molecule is CC1CNCCC1Oc1cccc(NC(=O)C2=CC=C(F)CC2Cl)n1. The third kappa shape index (κ3) is 4.58. The van der Waals surface area contributed by atoms with Crippen molar-refractivity contribution in [2.75, 3.05) is 18.4 Å². The molecule has 5 nitrogen and oxygen atoms in total. The van der Waals surface area contributed by atoms with Crippen molar-refractivity contribution in [3.63, 3.8) is 0 Å². The first-order valence-electron chi connectivity index (χ1n) is 8.39. The number of aromatic nitrogens is 1. The summed E-state index contributed by atoms with van der Waals surface area (Å²) in [7, 11) is 0. The highest BCUT2D eigenvalue weighted by Crippen LogP contribution is 2.26. The van der Waals surface area contributed by atoms with E-state index in [0.717, 1.165) is 19.5 Å². The molecule has 134 valence electrons. The number of carbonyl (C=O) groups excluding carboxylic acids is 1. The van der Waals surface area contributed by atoms with Crippen LogP contribution in [0.25, 0.3) is 0 Å². The summed E-state index contributed by atoms with van der Waals surface area (Å²) in [5, 5.41) is 5.34. The Morgan fingerprint density at radius 2 is 2.28 bits per heavy atom. The number of anilines is 1. The van der Waals surface area contributed by atoms with E-state index in [4.69, 9.17) is 16.3 Å². The Balaban J connectivity index is 1.66. The Labute approximate surface area is 151 Å². The number of amides is 1. The summed E-state index contributed by atoms with van der Waals surface area (Å²) in [6.07, 6.45) is 3.70. The lowest BCUT2D eigenvalue weighted by atomic mass is 9.98. The van der Waals surface area contributed by atoms with Crippen molar-refractivity contribution in [1.29, 1.82) is 0 Å². The molecule has 2 N–H and O–H groups in total. The van der Waals surface area contributed by atoms with Gasteiger partial charge in [-0.1, -0.05) is 13.0 Å². The topological polar surface area (TPSA) is 63.2 Å². The number of nitrogens with zero attached hydrogens (tertiary/aromatic N) is 1. The molecule has 0 spiro atoms. The minimum Gasteiger partial charge on any atom is -0.474 e. The van der Waals surface area contributed by atoms with Gasteiger partial charge in [0, 0.05) is 30.5 Å². The molecule has 1 amide bonds. The number of carbonyl (C=O) groups is 1. The van der Waals surface area contributed by atoms with Crippen molar-refractivity contribution in [3.8, 4) is 5.88 Å². The van der Waals surface area contributed by atoms with Crippen LogP contribution in [0.15, 0.2) is 41.8 Å². The zero-order valence-electron chi connectivity index (χ0n) is 14.0. The molecule has 1 aliphatic carbocycles. The highest BCUT2D eigenvalue weighted by molar-refractivity contribution is 6.27. The van der Waals surface area contributed by atoms with Crippen LogP contribution < -0.4 is 15.4 Å². The van der Waals surface area contributed by atoms with Gasteiger partial charge in [-0.15, -0.1) is 11.6 Å². The molecule has 2 heterocycles. The van der Waals surface area contributed by atoms with Gasteiger partial charge in [-0.25, -0.2) is 4.39 Å². The first-order valence-corrected chi connectivity index (χ1v) is 8.82. The van der Waals surface area contributed by atoms with Crippen molar-refractivity contribution < 1.29 is 13.9 Å². The molecule has 1 aliphatic heterocycles. The monoisotopic (exact) mass is 365 g/mol. The van der Waals surface area contributed by atoms with Crippen LogP contribution in [0.1, 0.15) is 19.8 Å². The minimum atomic E-state index is -0.681. The van der Waals surface area contributed by atoms with E-state index in [2.05, 4.69) is 22.5 Å². The van der Waals surface area contributed by atoms with E-state index in [9.17, 15) is 9.18 Å². The molecule has 1 fully saturated rings. The van der Waals surface area contributed by atoms with Gasteiger partial charge in [0.05, 0.1) is 5.38 Å². The standard InChI is InChI=1S/C18H21ClFN3O2/c1-11-10-21-8-7-15(11)25-17-4-2-3-16(22-17)23-18(24)13-6-5-12(20)9-14(13)19/h2-6,11,14-15,21H,7-10H2,1H3,(H,22,23,24). The van der Waals surface area contributed by atoms with Crippen molar-refractivity contribution in [1.82, 2.24) is 10.3 Å². The van der Waals surface area contributed by atoms with Crippen LogP contribution in [-0.4, -0.2) is 35.5 Å². The Bertz CT molecular complexity index is 707. The third-order valence-electron chi connectivity index (χ3n) is 4.36. The molecule has 1 aromatic rings. The van der Waals surface area contributed by atoms with E-state index in [1.165, 1.54) is 12.2 Å². The average Bonchev–Trinajstić information content (AvgIpc) is 2.57. The smallest absolute Gasteiger partial charge is 0.254 e. The van der Waals surface area contributed by atoms with Gasteiger partial charge >= 0.3 is 0 Å². The fourth-order valence-corrected chi connectivity index (χ4v) is 3.23. The number of halogens is 2. The number of allylic oxidation sites excluding steroid dienone is 3. The van der Waals surface area contributed by atoms with Crippen LogP contribution >= 0.6 is 11.6 Å². The second kappa shape index (κ2) is 7.97. The van der Waals surface area contributed by atoms with Gasteiger partial charge in [0.1, 0.15) is 17.7 Å². The molecular weight excluding hydrogens is 345 g/mol. The van der Waals surface area contributed by atoms with Gasteiger partial charge in [0.25, 0.3) is 5.91 Å². The highest BCUT2D eigenvalue weighted by atomic mass is 35.5.